The van der Waals surface area contributed by atoms with E-state index in [4.69, 9.17) is 0 Å². The molecule has 0 saturated heterocycles. The first-order valence-corrected chi connectivity index (χ1v) is 6.98. The molecule has 0 unspecified atom stereocenters. The molecule has 1 aliphatic rings. The minimum absolute atomic E-state index is 0.285. The first kappa shape index (κ1) is 10.7. The average molecular weight is 318 g/mol. The highest BCUT2D eigenvalue weighted by molar-refractivity contribution is 9.24. The molecule has 0 atom stereocenters. The van der Waals surface area contributed by atoms with Crippen molar-refractivity contribution in [1.82, 2.24) is 0 Å². The lowest BCUT2D eigenvalue weighted by Crippen LogP contribution is -1.92. The smallest absolute Gasteiger partial charge is 0.0712 e. The van der Waals surface area contributed by atoms with Gasteiger partial charge in [0.05, 0.1) is 3.74 Å². The molecule has 1 saturated carbocycles. The molecule has 2 heteroatoms. The van der Waals surface area contributed by atoms with Gasteiger partial charge in [0.2, 0.25) is 0 Å². The molecule has 1 aromatic rings. The Labute approximate surface area is 102 Å². The molecule has 0 bridgehead atoms. The third-order valence-electron chi connectivity index (χ3n) is 3.02. The fourth-order valence-corrected chi connectivity index (χ4v) is 2.78. The molecule has 0 radical (unpaired) electrons. The molecule has 0 aliphatic heterocycles. The van der Waals surface area contributed by atoms with E-state index in [1.165, 1.54) is 36.8 Å². The zero-order valence-corrected chi connectivity index (χ0v) is 11.2. The Morgan fingerprint density at radius 3 is 2.07 bits per heavy atom. The van der Waals surface area contributed by atoms with Gasteiger partial charge in [-0.1, -0.05) is 69.0 Å². The number of benzene rings is 1. The summed E-state index contributed by atoms with van der Waals surface area (Å²) in [6.45, 7) is 0. The van der Waals surface area contributed by atoms with Crippen molar-refractivity contribution in [2.24, 2.45) is 0 Å². The van der Waals surface area contributed by atoms with E-state index < -0.39 is 0 Å². The summed E-state index contributed by atoms with van der Waals surface area (Å²) in [5.41, 5.74) is 2.82. The Morgan fingerprint density at radius 2 is 1.57 bits per heavy atom. The molecular formula is C12H14Br2. The molecular weight excluding hydrogens is 304 g/mol. The SMILES string of the molecule is BrC(Br)c1ccc(C2CCCC2)cc1. The molecule has 0 nitrogen and oxygen atoms in total. The van der Waals surface area contributed by atoms with Gasteiger partial charge in [-0.25, -0.2) is 0 Å². The van der Waals surface area contributed by atoms with Crippen LogP contribution in [0.1, 0.15) is 46.5 Å². The molecule has 2 rings (SSSR count). The summed E-state index contributed by atoms with van der Waals surface area (Å²) in [6, 6.07) is 8.98. The van der Waals surface area contributed by atoms with Gasteiger partial charge in [-0.3, -0.25) is 0 Å². The molecule has 14 heavy (non-hydrogen) atoms. The Hall–Kier alpha value is 0.180. The Kier molecular flexibility index (Phi) is 3.67. The minimum atomic E-state index is 0.285. The van der Waals surface area contributed by atoms with E-state index in [9.17, 15) is 0 Å². The molecule has 1 aliphatic carbocycles. The van der Waals surface area contributed by atoms with E-state index >= 15 is 0 Å². The molecule has 0 heterocycles. The highest BCUT2D eigenvalue weighted by Crippen LogP contribution is 2.35. The van der Waals surface area contributed by atoms with Crippen molar-refractivity contribution in [1.29, 1.82) is 0 Å². The number of rotatable bonds is 2. The van der Waals surface area contributed by atoms with Crippen LogP contribution in [0.5, 0.6) is 0 Å². The minimum Gasteiger partial charge on any atom is -0.0712 e. The zero-order chi connectivity index (χ0) is 9.97. The molecule has 0 spiro atoms. The van der Waals surface area contributed by atoms with Crippen LogP contribution in [0.25, 0.3) is 0 Å². The monoisotopic (exact) mass is 316 g/mol. The highest BCUT2D eigenvalue weighted by atomic mass is 79.9. The van der Waals surface area contributed by atoms with Gasteiger partial charge in [-0.05, 0) is 29.9 Å². The first-order valence-electron chi connectivity index (χ1n) is 5.15. The second-order valence-electron chi connectivity index (χ2n) is 3.95. The van der Waals surface area contributed by atoms with Gasteiger partial charge in [-0.15, -0.1) is 0 Å². The van der Waals surface area contributed by atoms with E-state index in [2.05, 4.69) is 56.1 Å². The molecule has 76 valence electrons. The number of halogens is 2. The third kappa shape index (κ3) is 2.40. The quantitative estimate of drug-likeness (QED) is 0.663. The maximum absolute atomic E-state index is 3.51. The molecule has 0 aromatic heterocycles. The molecule has 0 N–H and O–H groups in total. The van der Waals surface area contributed by atoms with Crippen LogP contribution in [0.15, 0.2) is 24.3 Å². The van der Waals surface area contributed by atoms with Crippen molar-refractivity contribution in [3.05, 3.63) is 35.4 Å². The summed E-state index contributed by atoms with van der Waals surface area (Å²) >= 11 is 7.01. The van der Waals surface area contributed by atoms with Gasteiger partial charge < -0.3 is 0 Å². The molecule has 1 fully saturated rings. The van der Waals surface area contributed by atoms with Gasteiger partial charge in [-0.2, -0.15) is 0 Å². The van der Waals surface area contributed by atoms with E-state index in [-0.39, 0.29) is 3.74 Å². The van der Waals surface area contributed by atoms with Gasteiger partial charge in [0, 0.05) is 0 Å². The first-order chi connectivity index (χ1) is 6.77. The Bertz CT molecular complexity index is 284. The number of alkyl halides is 2. The standard InChI is InChI=1S/C12H14Br2/c13-12(14)11-7-5-10(6-8-11)9-3-1-2-4-9/h5-9,12H,1-4H2. The van der Waals surface area contributed by atoms with Crippen molar-refractivity contribution in [3.8, 4) is 0 Å². The second kappa shape index (κ2) is 4.80. The van der Waals surface area contributed by atoms with Gasteiger partial charge >= 0.3 is 0 Å². The third-order valence-corrected chi connectivity index (χ3v) is 4.07. The second-order valence-corrected chi connectivity index (χ2v) is 7.01. The zero-order valence-electron chi connectivity index (χ0n) is 8.05. The lowest BCUT2D eigenvalue weighted by molar-refractivity contribution is 0.723. The summed E-state index contributed by atoms with van der Waals surface area (Å²) in [6.07, 6.45) is 5.58. The van der Waals surface area contributed by atoms with Gasteiger partial charge in [0.25, 0.3) is 0 Å². The fourth-order valence-electron chi connectivity index (χ4n) is 2.17. The topological polar surface area (TPSA) is 0 Å². The van der Waals surface area contributed by atoms with Crippen LogP contribution in [0.4, 0.5) is 0 Å². The Morgan fingerprint density at radius 1 is 1.00 bits per heavy atom. The maximum atomic E-state index is 3.51. The fraction of sp³-hybridized carbons (Fsp3) is 0.500. The van der Waals surface area contributed by atoms with Crippen LogP contribution in [0.3, 0.4) is 0 Å². The lowest BCUT2D eigenvalue weighted by Gasteiger charge is -2.10. The molecule has 1 aromatic carbocycles. The summed E-state index contributed by atoms with van der Waals surface area (Å²) in [5, 5.41) is 0. The van der Waals surface area contributed by atoms with E-state index in [0.29, 0.717) is 0 Å². The van der Waals surface area contributed by atoms with E-state index in [1.54, 1.807) is 0 Å². The van der Waals surface area contributed by atoms with Crippen molar-refractivity contribution in [2.75, 3.05) is 0 Å². The number of hydrogen-bond acceptors (Lipinski definition) is 0. The number of hydrogen-bond donors (Lipinski definition) is 0. The normalized spacial score (nSPS) is 17.9. The van der Waals surface area contributed by atoms with Crippen LogP contribution < -0.4 is 0 Å². The van der Waals surface area contributed by atoms with Gasteiger partial charge in [0.1, 0.15) is 0 Å². The van der Waals surface area contributed by atoms with Crippen LogP contribution in [0.2, 0.25) is 0 Å². The van der Waals surface area contributed by atoms with Crippen LogP contribution >= 0.6 is 31.9 Å². The van der Waals surface area contributed by atoms with Crippen LogP contribution in [-0.2, 0) is 0 Å². The predicted octanol–water partition coefficient (Wildman–Crippen LogP) is 5.13. The van der Waals surface area contributed by atoms with Crippen LogP contribution in [-0.4, -0.2) is 0 Å². The van der Waals surface area contributed by atoms with E-state index in [1.807, 2.05) is 0 Å². The van der Waals surface area contributed by atoms with Crippen molar-refractivity contribution < 1.29 is 0 Å². The summed E-state index contributed by atoms with van der Waals surface area (Å²) in [7, 11) is 0. The maximum Gasteiger partial charge on any atom is 0.0946 e. The summed E-state index contributed by atoms with van der Waals surface area (Å²) in [5.74, 6) is 0.827. The van der Waals surface area contributed by atoms with Crippen molar-refractivity contribution >= 4 is 31.9 Å². The summed E-state index contributed by atoms with van der Waals surface area (Å²) < 4.78 is 0.285. The molecule has 0 amide bonds. The highest BCUT2D eigenvalue weighted by Gasteiger charge is 2.16. The van der Waals surface area contributed by atoms with Crippen LogP contribution in [0, 0.1) is 0 Å². The van der Waals surface area contributed by atoms with Gasteiger partial charge in [0.15, 0.2) is 0 Å². The largest absolute Gasteiger partial charge is 0.0946 e. The average Bonchev–Trinajstić information content (AvgIpc) is 2.71. The predicted molar refractivity (Wildman–Crippen MR) is 68.2 cm³/mol. The van der Waals surface area contributed by atoms with Crippen molar-refractivity contribution in [2.45, 2.75) is 35.3 Å². The Balaban J connectivity index is 2.12. The summed E-state index contributed by atoms with van der Waals surface area (Å²) in [4.78, 5) is 0. The lowest BCUT2D eigenvalue weighted by atomic mass is 9.97. The van der Waals surface area contributed by atoms with E-state index in [0.717, 1.165) is 5.92 Å². The van der Waals surface area contributed by atoms with Crippen molar-refractivity contribution in [3.63, 3.8) is 0 Å².